The van der Waals surface area contributed by atoms with Gasteiger partial charge in [0.15, 0.2) is 5.65 Å². The topological polar surface area (TPSA) is 30.7 Å². The summed E-state index contributed by atoms with van der Waals surface area (Å²) in [7, 11) is 0. The van der Waals surface area contributed by atoms with Crippen molar-refractivity contribution in [3.8, 4) is 50.2 Å². The van der Waals surface area contributed by atoms with Crippen LogP contribution in [0.15, 0.2) is 176 Å². The maximum absolute atomic E-state index is 5.25. The van der Waals surface area contributed by atoms with Crippen LogP contribution in [-0.2, 0) is 0 Å². The van der Waals surface area contributed by atoms with Crippen LogP contribution in [0.25, 0.3) is 83.3 Å². The molecule has 0 spiro atoms. The first-order valence-corrected chi connectivity index (χ1v) is 15.9. The zero-order valence-corrected chi connectivity index (χ0v) is 25.6. The van der Waals surface area contributed by atoms with Gasteiger partial charge in [-0.1, -0.05) is 127 Å². The lowest BCUT2D eigenvalue weighted by Gasteiger charge is -2.12. The maximum atomic E-state index is 5.25. The molecule has 0 aliphatic heterocycles. The molecule has 0 saturated carbocycles. The van der Waals surface area contributed by atoms with E-state index in [2.05, 4.69) is 174 Å². The Hall–Kier alpha value is -6.32. The van der Waals surface area contributed by atoms with Gasteiger partial charge in [0.2, 0.25) is 0 Å². The Morgan fingerprint density at radius 2 is 0.830 bits per heavy atom. The number of hydrogen-bond acceptors (Lipinski definition) is 2. The van der Waals surface area contributed by atoms with Gasteiger partial charge in [0.1, 0.15) is 5.52 Å². The highest BCUT2D eigenvalue weighted by Gasteiger charge is 2.16. The second-order valence-corrected chi connectivity index (χ2v) is 11.9. The number of aromatic nitrogens is 3. The Morgan fingerprint density at radius 3 is 1.49 bits per heavy atom. The Labute approximate surface area is 273 Å². The average Bonchev–Trinajstić information content (AvgIpc) is 3.47. The molecule has 3 nitrogen and oxygen atoms in total. The molecule has 0 bridgehead atoms. The Balaban J connectivity index is 1.20. The first kappa shape index (κ1) is 27.0. The molecule has 0 fully saturated rings. The summed E-state index contributed by atoms with van der Waals surface area (Å²) in [4.78, 5) is 10.4. The predicted molar refractivity (Wildman–Crippen MR) is 196 cm³/mol. The first-order valence-electron chi connectivity index (χ1n) is 15.9. The summed E-state index contributed by atoms with van der Waals surface area (Å²) in [6.07, 6.45) is 0. The van der Waals surface area contributed by atoms with Crippen LogP contribution < -0.4 is 0 Å². The summed E-state index contributed by atoms with van der Waals surface area (Å²) >= 11 is 0. The van der Waals surface area contributed by atoms with Crippen LogP contribution in [0.4, 0.5) is 0 Å². The molecule has 0 amide bonds. The molecule has 0 atom stereocenters. The van der Waals surface area contributed by atoms with Gasteiger partial charge < -0.3 is 0 Å². The third-order valence-electron chi connectivity index (χ3n) is 8.97. The lowest BCUT2D eigenvalue weighted by Crippen LogP contribution is -1.96. The fourth-order valence-electron chi connectivity index (χ4n) is 6.63. The lowest BCUT2D eigenvalue weighted by molar-refractivity contribution is 1.14. The Morgan fingerprint density at radius 1 is 0.340 bits per heavy atom. The summed E-state index contributed by atoms with van der Waals surface area (Å²) in [5.41, 5.74) is 15.1. The predicted octanol–water partition coefficient (Wildman–Crippen LogP) is 11.4. The van der Waals surface area contributed by atoms with Gasteiger partial charge in [-0.2, -0.15) is 0 Å². The number of para-hydroxylation sites is 2. The quantitative estimate of drug-likeness (QED) is 0.197. The Kier molecular flexibility index (Phi) is 6.46. The van der Waals surface area contributed by atoms with Crippen molar-refractivity contribution in [3.63, 3.8) is 0 Å². The van der Waals surface area contributed by atoms with Crippen molar-refractivity contribution < 1.29 is 0 Å². The van der Waals surface area contributed by atoms with Gasteiger partial charge in [-0.25, -0.2) is 9.97 Å². The standard InChI is InChI=1S/C44H29N3/c1-4-12-30(13-5-1)32-20-22-33(23-21-32)36-26-35(31-14-6-2-7-15-31)27-37(28-36)34-24-25-40-41(29-34)45-43-39-18-10-11-19-42(39)47(44(43)46-40)38-16-8-3-9-17-38/h1-29H. The molecule has 0 unspecified atom stereocenters. The van der Waals surface area contributed by atoms with Crippen molar-refractivity contribution >= 4 is 33.1 Å². The van der Waals surface area contributed by atoms with Crippen LogP contribution in [0, 0.1) is 0 Å². The number of nitrogens with zero attached hydrogens (tertiary/aromatic N) is 3. The van der Waals surface area contributed by atoms with Crippen molar-refractivity contribution in [2.75, 3.05) is 0 Å². The van der Waals surface area contributed by atoms with Crippen LogP contribution in [0.5, 0.6) is 0 Å². The van der Waals surface area contributed by atoms with Crippen molar-refractivity contribution in [2.24, 2.45) is 0 Å². The minimum Gasteiger partial charge on any atom is -0.293 e. The third-order valence-corrected chi connectivity index (χ3v) is 8.97. The molecule has 9 aromatic rings. The zero-order chi connectivity index (χ0) is 31.2. The van der Waals surface area contributed by atoms with Crippen molar-refractivity contribution in [1.82, 2.24) is 14.5 Å². The second kappa shape index (κ2) is 11.2. The molecular weight excluding hydrogens is 571 g/mol. The number of rotatable bonds is 5. The van der Waals surface area contributed by atoms with E-state index < -0.39 is 0 Å². The molecule has 2 heterocycles. The van der Waals surface area contributed by atoms with Crippen molar-refractivity contribution in [1.29, 1.82) is 0 Å². The molecule has 3 heteroatoms. The number of benzene rings is 7. The van der Waals surface area contributed by atoms with E-state index in [0.29, 0.717) is 0 Å². The first-order chi connectivity index (χ1) is 23.3. The van der Waals surface area contributed by atoms with Gasteiger partial charge in [0.05, 0.1) is 16.6 Å². The summed E-state index contributed by atoms with van der Waals surface area (Å²) in [6, 6.07) is 62.1. The van der Waals surface area contributed by atoms with Gasteiger partial charge in [0.25, 0.3) is 0 Å². The van der Waals surface area contributed by atoms with E-state index in [1.54, 1.807) is 0 Å². The van der Waals surface area contributed by atoms with Gasteiger partial charge >= 0.3 is 0 Å². The molecule has 0 N–H and O–H groups in total. The number of hydrogen-bond donors (Lipinski definition) is 0. The average molecular weight is 600 g/mol. The molecule has 47 heavy (non-hydrogen) atoms. The fourth-order valence-corrected chi connectivity index (χ4v) is 6.63. The minimum absolute atomic E-state index is 0.866. The van der Waals surface area contributed by atoms with Crippen LogP contribution in [0.1, 0.15) is 0 Å². The second-order valence-electron chi connectivity index (χ2n) is 11.9. The van der Waals surface area contributed by atoms with Crippen LogP contribution in [0.3, 0.4) is 0 Å². The van der Waals surface area contributed by atoms with E-state index in [4.69, 9.17) is 9.97 Å². The summed E-state index contributed by atoms with van der Waals surface area (Å²) < 4.78 is 2.21. The van der Waals surface area contributed by atoms with Crippen molar-refractivity contribution in [2.45, 2.75) is 0 Å². The van der Waals surface area contributed by atoms with Gasteiger partial charge in [0, 0.05) is 11.1 Å². The molecule has 9 rings (SSSR count). The molecule has 0 aliphatic carbocycles. The van der Waals surface area contributed by atoms with Crippen LogP contribution >= 0.6 is 0 Å². The minimum atomic E-state index is 0.866. The monoisotopic (exact) mass is 599 g/mol. The van der Waals surface area contributed by atoms with Crippen molar-refractivity contribution in [3.05, 3.63) is 176 Å². The normalized spacial score (nSPS) is 11.4. The van der Waals surface area contributed by atoms with E-state index in [1.165, 1.54) is 33.4 Å². The highest BCUT2D eigenvalue weighted by atomic mass is 15.1. The largest absolute Gasteiger partial charge is 0.293 e. The molecule has 2 aromatic heterocycles. The van der Waals surface area contributed by atoms with E-state index in [1.807, 2.05) is 6.07 Å². The third kappa shape index (κ3) is 4.86. The summed E-state index contributed by atoms with van der Waals surface area (Å²) in [5, 5.41) is 1.10. The molecule has 7 aromatic carbocycles. The smallest absolute Gasteiger partial charge is 0.165 e. The van der Waals surface area contributed by atoms with Gasteiger partial charge in [-0.05, 0) is 93.0 Å². The van der Waals surface area contributed by atoms with E-state index >= 15 is 0 Å². The highest BCUT2D eigenvalue weighted by molar-refractivity contribution is 6.07. The van der Waals surface area contributed by atoms with Crippen LogP contribution in [0.2, 0.25) is 0 Å². The summed E-state index contributed by atoms with van der Waals surface area (Å²) in [5.74, 6) is 0. The molecule has 0 aliphatic rings. The zero-order valence-electron chi connectivity index (χ0n) is 25.6. The van der Waals surface area contributed by atoms with Gasteiger partial charge in [-0.3, -0.25) is 4.57 Å². The van der Waals surface area contributed by atoms with E-state index in [0.717, 1.165) is 49.9 Å². The molecule has 220 valence electrons. The highest BCUT2D eigenvalue weighted by Crippen LogP contribution is 2.36. The fraction of sp³-hybridized carbons (Fsp3) is 0. The summed E-state index contributed by atoms with van der Waals surface area (Å²) in [6.45, 7) is 0. The van der Waals surface area contributed by atoms with E-state index in [-0.39, 0.29) is 0 Å². The van der Waals surface area contributed by atoms with Crippen LogP contribution in [-0.4, -0.2) is 14.5 Å². The molecular formula is C44H29N3. The van der Waals surface area contributed by atoms with E-state index in [9.17, 15) is 0 Å². The molecule has 0 saturated heterocycles. The van der Waals surface area contributed by atoms with Gasteiger partial charge in [-0.15, -0.1) is 0 Å². The Bertz CT molecular complexity index is 2530. The maximum Gasteiger partial charge on any atom is 0.165 e. The molecule has 0 radical (unpaired) electrons. The number of fused-ring (bicyclic) bond motifs is 4. The SMILES string of the molecule is c1ccc(-c2ccc(-c3cc(-c4ccccc4)cc(-c4ccc5nc6c(nc5c4)c4ccccc4n6-c4ccccc4)c3)cc2)cc1. The lowest BCUT2D eigenvalue weighted by atomic mass is 9.92.